The SMILES string of the molecule is NCc1cccc(-n2nc(C(F)(F)F)cc2C(=O)Nc2cc(C(OCC3CC3)c3cccc(N)c3)ccc2F)c1. The van der Waals surface area contributed by atoms with E-state index in [9.17, 15) is 22.4 Å². The molecule has 5 N–H and O–H groups in total. The van der Waals surface area contributed by atoms with Crippen LogP contribution in [0.1, 0.15) is 51.8 Å². The van der Waals surface area contributed by atoms with Crippen molar-refractivity contribution in [2.75, 3.05) is 17.7 Å². The number of amides is 1. The van der Waals surface area contributed by atoms with E-state index in [1.807, 2.05) is 6.07 Å². The summed E-state index contributed by atoms with van der Waals surface area (Å²) in [5, 5.41) is 6.04. The fraction of sp³-hybridized carbons (Fsp3) is 0.241. The first-order chi connectivity index (χ1) is 19.1. The number of aromatic nitrogens is 2. The number of alkyl halides is 3. The van der Waals surface area contributed by atoms with Crippen LogP contribution >= 0.6 is 0 Å². The number of nitrogen functional groups attached to an aromatic ring is 1. The number of hydrogen-bond donors (Lipinski definition) is 3. The Balaban J connectivity index is 1.49. The van der Waals surface area contributed by atoms with Gasteiger partial charge in [-0.1, -0.05) is 30.3 Å². The minimum absolute atomic E-state index is 0.137. The average molecular weight is 554 g/mol. The first-order valence-electron chi connectivity index (χ1n) is 12.7. The molecule has 1 aliphatic carbocycles. The summed E-state index contributed by atoms with van der Waals surface area (Å²) in [7, 11) is 0. The van der Waals surface area contributed by atoms with Crippen LogP contribution in [0.15, 0.2) is 72.8 Å². The van der Waals surface area contributed by atoms with Crippen LogP contribution in [0.2, 0.25) is 0 Å². The van der Waals surface area contributed by atoms with Crippen molar-refractivity contribution in [2.45, 2.75) is 31.7 Å². The molecule has 1 fully saturated rings. The first-order valence-corrected chi connectivity index (χ1v) is 12.7. The molecule has 0 spiro atoms. The quantitative estimate of drug-likeness (QED) is 0.178. The second kappa shape index (κ2) is 11.1. The van der Waals surface area contributed by atoms with Gasteiger partial charge >= 0.3 is 6.18 Å². The largest absolute Gasteiger partial charge is 0.435 e. The highest BCUT2D eigenvalue weighted by molar-refractivity contribution is 6.03. The van der Waals surface area contributed by atoms with Crippen molar-refractivity contribution in [1.29, 1.82) is 0 Å². The van der Waals surface area contributed by atoms with Crippen molar-refractivity contribution in [2.24, 2.45) is 11.7 Å². The molecule has 4 aromatic rings. The Kier molecular flexibility index (Phi) is 7.59. The number of carbonyl (C=O) groups is 1. The van der Waals surface area contributed by atoms with Gasteiger partial charge < -0.3 is 21.5 Å². The number of hydrogen-bond acceptors (Lipinski definition) is 5. The van der Waals surface area contributed by atoms with Crippen LogP contribution in [0.5, 0.6) is 0 Å². The smallest absolute Gasteiger partial charge is 0.399 e. The summed E-state index contributed by atoms with van der Waals surface area (Å²) in [5.74, 6) is -1.29. The van der Waals surface area contributed by atoms with Crippen molar-refractivity contribution in [3.05, 3.63) is 107 Å². The highest BCUT2D eigenvalue weighted by Gasteiger charge is 2.36. The molecule has 40 heavy (non-hydrogen) atoms. The summed E-state index contributed by atoms with van der Waals surface area (Å²) in [6.07, 6.45) is -3.27. The third-order valence-electron chi connectivity index (χ3n) is 6.57. The number of nitrogens with one attached hydrogen (secondary N) is 1. The van der Waals surface area contributed by atoms with Gasteiger partial charge in [0.05, 0.1) is 18.0 Å². The first kappa shape index (κ1) is 27.4. The third-order valence-corrected chi connectivity index (χ3v) is 6.57. The van der Waals surface area contributed by atoms with Gasteiger partial charge in [0.1, 0.15) is 17.6 Å². The summed E-state index contributed by atoms with van der Waals surface area (Å²) in [6.45, 7) is 0.637. The molecule has 0 radical (unpaired) electrons. The summed E-state index contributed by atoms with van der Waals surface area (Å²) in [5.41, 5.74) is 12.4. The summed E-state index contributed by atoms with van der Waals surface area (Å²) in [6, 6.07) is 18.2. The Labute approximate surface area is 227 Å². The lowest BCUT2D eigenvalue weighted by atomic mass is 10.00. The summed E-state index contributed by atoms with van der Waals surface area (Å²) < 4.78 is 62.6. The topological polar surface area (TPSA) is 108 Å². The monoisotopic (exact) mass is 553 g/mol. The van der Waals surface area contributed by atoms with Gasteiger partial charge in [-0.25, -0.2) is 9.07 Å². The maximum atomic E-state index is 14.9. The Morgan fingerprint density at radius 3 is 2.50 bits per heavy atom. The van der Waals surface area contributed by atoms with Gasteiger partial charge in [-0.15, -0.1) is 0 Å². The molecule has 1 aromatic heterocycles. The van der Waals surface area contributed by atoms with Gasteiger partial charge in [0.2, 0.25) is 0 Å². The van der Waals surface area contributed by atoms with E-state index in [1.54, 1.807) is 30.3 Å². The molecule has 7 nitrogen and oxygen atoms in total. The second-order valence-electron chi connectivity index (χ2n) is 9.72. The molecule has 0 saturated heterocycles. The number of rotatable bonds is 9. The maximum absolute atomic E-state index is 14.9. The van der Waals surface area contributed by atoms with Crippen molar-refractivity contribution in [3.8, 4) is 5.69 Å². The van der Waals surface area contributed by atoms with E-state index < -0.39 is 35.4 Å². The van der Waals surface area contributed by atoms with E-state index in [0.29, 0.717) is 35.4 Å². The zero-order chi connectivity index (χ0) is 28.4. The van der Waals surface area contributed by atoms with Gasteiger partial charge in [0.25, 0.3) is 5.91 Å². The van der Waals surface area contributed by atoms with Crippen LogP contribution in [-0.4, -0.2) is 22.3 Å². The fourth-order valence-electron chi connectivity index (χ4n) is 4.31. The Hall–Kier alpha value is -4.22. The van der Waals surface area contributed by atoms with Crippen molar-refractivity contribution in [3.63, 3.8) is 0 Å². The predicted molar refractivity (Wildman–Crippen MR) is 142 cm³/mol. The summed E-state index contributed by atoms with van der Waals surface area (Å²) in [4.78, 5) is 13.3. The van der Waals surface area contributed by atoms with Crippen LogP contribution in [0.25, 0.3) is 5.69 Å². The molecule has 5 rings (SSSR count). The normalized spacial score (nSPS) is 14.2. The van der Waals surface area contributed by atoms with E-state index in [2.05, 4.69) is 10.4 Å². The van der Waals surface area contributed by atoms with Gasteiger partial charge in [0.15, 0.2) is 5.69 Å². The average Bonchev–Trinajstić information content (AvgIpc) is 3.63. The van der Waals surface area contributed by atoms with E-state index in [1.165, 1.54) is 30.3 Å². The molecule has 0 aliphatic heterocycles. The Morgan fingerprint density at radius 2 is 1.80 bits per heavy atom. The van der Waals surface area contributed by atoms with Gasteiger partial charge in [-0.05, 0) is 71.8 Å². The minimum Gasteiger partial charge on any atom is -0.399 e. The van der Waals surface area contributed by atoms with E-state index in [4.69, 9.17) is 16.2 Å². The van der Waals surface area contributed by atoms with Gasteiger partial charge in [-0.2, -0.15) is 18.3 Å². The molecular formula is C29H27F4N5O2. The molecule has 1 heterocycles. The molecule has 1 saturated carbocycles. The van der Waals surface area contributed by atoms with Crippen molar-refractivity contribution >= 4 is 17.3 Å². The molecule has 1 unspecified atom stereocenters. The number of carbonyl (C=O) groups excluding carboxylic acids is 1. The number of ether oxygens (including phenoxy) is 1. The van der Waals surface area contributed by atoms with Crippen LogP contribution in [-0.2, 0) is 17.5 Å². The third kappa shape index (κ3) is 6.16. The molecule has 0 bridgehead atoms. The Bertz CT molecular complexity index is 1530. The van der Waals surface area contributed by atoms with Crippen molar-refractivity contribution < 1.29 is 27.1 Å². The number of benzene rings is 3. The summed E-state index contributed by atoms with van der Waals surface area (Å²) >= 11 is 0. The molecule has 1 amide bonds. The second-order valence-corrected chi connectivity index (χ2v) is 9.72. The molecule has 1 atom stereocenters. The zero-order valence-corrected chi connectivity index (χ0v) is 21.3. The number of anilines is 2. The zero-order valence-electron chi connectivity index (χ0n) is 21.3. The fourth-order valence-corrected chi connectivity index (χ4v) is 4.31. The molecular weight excluding hydrogens is 526 g/mol. The van der Waals surface area contributed by atoms with Gasteiger partial charge in [-0.3, -0.25) is 4.79 Å². The van der Waals surface area contributed by atoms with Crippen LogP contribution < -0.4 is 16.8 Å². The van der Waals surface area contributed by atoms with E-state index in [-0.39, 0.29) is 17.9 Å². The highest BCUT2D eigenvalue weighted by Crippen LogP contribution is 2.35. The Morgan fingerprint density at radius 1 is 1.05 bits per heavy atom. The molecule has 3 aromatic carbocycles. The lowest BCUT2D eigenvalue weighted by Gasteiger charge is -2.20. The lowest BCUT2D eigenvalue weighted by Crippen LogP contribution is -2.18. The van der Waals surface area contributed by atoms with Crippen LogP contribution in [0.3, 0.4) is 0 Å². The highest BCUT2D eigenvalue weighted by atomic mass is 19.4. The van der Waals surface area contributed by atoms with Gasteiger partial charge in [0, 0.05) is 18.3 Å². The molecule has 1 aliphatic rings. The minimum atomic E-state index is -4.80. The number of nitrogens with zero attached hydrogens (tertiary/aromatic N) is 2. The van der Waals surface area contributed by atoms with E-state index in [0.717, 1.165) is 23.1 Å². The molecule has 208 valence electrons. The van der Waals surface area contributed by atoms with Crippen LogP contribution in [0.4, 0.5) is 28.9 Å². The van der Waals surface area contributed by atoms with Crippen molar-refractivity contribution in [1.82, 2.24) is 9.78 Å². The standard InChI is InChI=1S/C29H27F4N5O2/c30-23-10-9-20(27(40-16-17-7-8-17)19-4-2-5-21(35)12-19)13-24(23)36-28(39)25-14-26(29(31,32)33)37-38(25)22-6-1-3-18(11-22)15-34/h1-6,9-14,17,27H,7-8,15-16,34-35H2,(H,36,39). The predicted octanol–water partition coefficient (Wildman–Crippen LogP) is 5.84. The van der Waals surface area contributed by atoms with E-state index >= 15 is 0 Å². The number of halogens is 4. The molecule has 11 heteroatoms. The lowest BCUT2D eigenvalue weighted by molar-refractivity contribution is -0.141. The maximum Gasteiger partial charge on any atom is 0.435 e. The van der Waals surface area contributed by atoms with Crippen LogP contribution in [0, 0.1) is 11.7 Å². The number of nitrogens with two attached hydrogens (primary N) is 2.